The Hall–Kier alpha value is -1.69. The first-order valence-corrected chi connectivity index (χ1v) is 7.79. The van der Waals surface area contributed by atoms with Gasteiger partial charge in [-0.1, -0.05) is 0 Å². The Kier molecular flexibility index (Phi) is 3.16. The van der Waals surface area contributed by atoms with E-state index in [2.05, 4.69) is 0 Å². The van der Waals surface area contributed by atoms with Crippen LogP contribution in [0, 0.1) is 11.8 Å². The molecule has 2 aliphatic rings. The first-order valence-electron chi connectivity index (χ1n) is 6.91. The highest BCUT2D eigenvalue weighted by atomic mass is 32.1. The van der Waals surface area contributed by atoms with E-state index in [0.717, 1.165) is 15.3 Å². The fraction of sp³-hybridized carbons (Fsp3) is 0.533. The second kappa shape index (κ2) is 4.66. The van der Waals surface area contributed by atoms with Crippen molar-refractivity contribution in [3.8, 4) is 0 Å². The van der Waals surface area contributed by atoms with Crippen LogP contribution in [0.2, 0.25) is 0 Å². The summed E-state index contributed by atoms with van der Waals surface area (Å²) in [6, 6.07) is 1.58. The van der Waals surface area contributed by atoms with Crippen molar-refractivity contribution in [3.63, 3.8) is 0 Å². The van der Waals surface area contributed by atoms with Gasteiger partial charge in [0.15, 0.2) is 0 Å². The minimum atomic E-state index is -0.748. The average molecular weight is 307 g/mol. The predicted molar refractivity (Wildman–Crippen MR) is 76.9 cm³/mol. The smallest absolute Gasteiger partial charge is 0.417 e. The van der Waals surface area contributed by atoms with Crippen LogP contribution in [0.25, 0.3) is 0 Å². The molecule has 1 saturated heterocycles. The summed E-state index contributed by atoms with van der Waals surface area (Å²) in [5, 5.41) is 1.95. The average Bonchev–Trinajstić information content (AvgIpc) is 2.96. The first-order chi connectivity index (χ1) is 9.83. The number of rotatable bonds is 1. The molecule has 1 aliphatic carbocycles. The van der Waals surface area contributed by atoms with Crippen LogP contribution in [0.4, 0.5) is 4.79 Å². The highest BCUT2D eigenvalue weighted by molar-refractivity contribution is 7.10. The molecule has 0 N–H and O–H groups in total. The number of fused-ring (bicyclic) bond motifs is 3. The largest absolute Gasteiger partial charge is 0.443 e. The minimum absolute atomic E-state index is 0.148. The number of hydrogen-bond acceptors (Lipinski definition) is 5. The Morgan fingerprint density at radius 3 is 2.81 bits per heavy atom. The van der Waals surface area contributed by atoms with Crippen molar-refractivity contribution >= 4 is 29.6 Å². The third kappa shape index (κ3) is 2.18. The van der Waals surface area contributed by atoms with E-state index in [1.165, 1.54) is 0 Å². The van der Waals surface area contributed by atoms with Gasteiger partial charge < -0.3 is 9.53 Å². The molecule has 0 spiro atoms. The van der Waals surface area contributed by atoms with Crippen molar-refractivity contribution < 1.29 is 19.1 Å². The second-order valence-electron chi connectivity index (χ2n) is 6.46. The lowest BCUT2D eigenvalue weighted by Gasteiger charge is -2.27. The molecule has 21 heavy (non-hydrogen) atoms. The van der Waals surface area contributed by atoms with Gasteiger partial charge in [-0.05, 0) is 44.2 Å². The van der Waals surface area contributed by atoms with E-state index < -0.39 is 23.5 Å². The molecular weight excluding hydrogens is 290 g/mol. The normalized spacial score (nSPS) is 27.5. The molecule has 112 valence electrons. The van der Waals surface area contributed by atoms with Crippen molar-refractivity contribution in [2.45, 2.75) is 38.8 Å². The van der Waals surface area contributed by atoms with Gasteiger partial charge in [0.05, 0.1) is 12.0 Å². The van der Waals surface area contributed by atoms with Crippen molar-refractivity contribution in [2.75, 3.05) is 0 Å². The Morgan fingerprint density at radius 2 is 2.19 bits per heavy atom. The van der Waals surface area contributed by atoms with Crippen LogP contribution in [-0.2, 0) is 20.7 Å². The molecule has 1 fully saturated rings. The number of hydrogen-bond donors (Lipinski definition) is 0. The second-order valence-corrected chi connectivity index (χ2v) is 7.46. The van der Waals surface area contributed by atoms with Gasteiger partial charge in [-0.25, -0.2) is 9.69 Å². The summed E-state index contributed by atoms with van der Waals surface area (Å²) in [7, 11) is 0. The first kappa shape index (κ1) is 14.3. The summed E-state index contributed by atoms with van der Waals surface area (Å²) in [5.74, 6) is -1.34. The molecule has 3 atom stereocenters. The SMILES string of the molecule is CC(C)(C)OC(=O)N1C(=O)C(C=O)C2Cc3sccc3C21. The monoisotopic (exact) mass is 307 g/mol. The van der Waals surface area contributed by atoms with Crippen LogP contribution in [0.15, 0.2) is 11.4 Å². The fourth-order valence-electron chi connectivity index (χ4n) is 3.14. The van der Waals surface area contributed by atoms with Crippen molar-refractivity contribution in [1.29, 1.82) is 0 Å². The molecular formula is C15H17NO4S. The minimum Gasteiger partial charge on any atom is -0.443 e. The highest BCUT2D eigenvalue weighted by Crippen LogP contribution is 2.51. The van der Waals surface area contributed by atoms with Gasteiger partial charge in [-0.15, -0.1) is 11.3 Å². The summed E-state index contributed by atoms with van der Waals surface area (Å²) >= 11 is 1.60. The van der Waals surface area contributed by atoms with Crippen LogP contribution >= 0.6 is 11.3 Å². The zero-order valence-corrected chi connectivity index (χ0v) is 13.0. The molecule has 5 nitrogen and oxygen atoms in total. The zero-order chi connectivity index (χ0) is 15.4. The van der Waals surface area contributed by atoms with Crippen LogP contribution < -0.4 is 0 Å². The maximum Gasteiger partial charge on any atom is 0.417 e. The van der Waals surface area contributed by atoms with Crippen molar-refractivity contribution in [2.24, 2.45) is 11.8 Å². The molecule has 1 aromatic rings. The van der Waals surface area contributed by atoms with E-state index in [9.17, 15) is 14.4 Å². The zero-order valence-electron chi connectivity index (χ0n) is 12.2. The molecule has 2 heterocycles. The lowest BCUT2D eigenvalue weighted by Crippen LogP contribution is -2.40. The third-order valence-electron chi connectivity index (χ3n) is 3.92. The maximum absolute atomic E-state index is 12.4. The van der Waals surface area contributed by atoms with Crippen molar-refractivity contribution in [1.82, 2.24) is 4.90 Å². The number of aldehydes is 1. The van der Waals surface area contributed by atoms with E-state index in [0.29, 0.717) is 12.7 Å². The number of imide groups is 1. The number of likely N-dealkylation sites (tertiary alicyclic amines) is 1. The summed E-state index contributed by atoms with van der Waals surface area (Å²) in [6.07, 6.45) is 0.679. The molecule has 6 heteroatoms. The maximum atomic E-state index is 12.4. The Balaban J connectivity index is 1.97. The highest BCUT2D eigenvalue weighted by Gasteiger charge is 2.55. The number of ether oxygens (including phenoxy) is 1. The standard InChI is InChI=1S/C15H17NO4S/c1-15(2,3)20-14(19)16-12-8-4-5-21-11(8)6-9(12)10(7-17)13(16)18/h4-5,7,9-10,12H,6H2,1-3H3. The van der Waals surface area contributed by atoms with Crippen LogP contribution in [0.1, 0.15) is 37.3 Å². The molecule has 0 bridgehead atoms. The van der Waals surface area contributed by atoms with E-state index in [1.807, 2.05) is 11.4 Å². The fourth-order valence-corrected chi connectivity index (χ4v) is 4.14. The molecule has 2 amide bonds. The molecule has 0 saturated carbocycles. The van der Waals surface area contributed by atoms with Gasteiger partial charge in [0.25, 0.3) is 0 Å². The van der Waals surface area contributed by atoms with Gasteiger partial charge >= 0.3 is 6.09 Å². The quantitative estimate of drug-likeness (QED) is 0.591. The summed E-state index contributed by atoms with van der Waals surface area (Å²) < 4.78 is 5.34. The number of nitrogens with zero attached hydrogens (tertiary/aromatic N) is 1. The van der Waals surface area contributed by atoms with E-state index in [-0.39, 0.29) is 12.0 Å². The van der Waals surface area contributed by atoms with E-state index in [1.54, 1.807) is 32.1 Å². The Bertz CT molecular complexity index is 615. The molecule has 3 unspecified atom stereocenters. The Morgan fingerprint density at radius 1 is 1.48 bits per heavy atom. The lowest BCUT2D eigenvalue weighted by atomic mass is 9.92. The summed E-state index contributed by atoms with van der Waals surface area (Å²) in [6.45, 7) is 5.26. The molecule has 1 aromatic heterocycles. The number of amides is 2. The number of carbonyl (C=O) groups excluding carboxylic acids is 3. The van der Waals surface area contributed by atoms with E-state index in [4.69, 9.17) is 4.74 Å². The van der Waals surface area contributed by atoms with Crippen LogP contribution in [0.5, 0.6) is 0 Å². The predicted octanol–water partition coefficient (Wildman–Crippen LogP) is 2.55. The third-order valence-corrected chi connectivity index (χ3v) is 4.88. The van der Waals surface area contributed by atoms with Gasteiger partial charge in [-0.2, -0.15) is 0 Å². The molecule has 3 rings (SSSR count). The molecule has 1 aliphatic heterocycles. The van der Waals surface area contributed by atoms with E-state index >= 15 is 0 Å². The van der Waals surface area contributed by atoms with Gasteiger partial charge in [-0.3, -0.25) is 4.79 Å². The van der Waals surface area contributed by atoms with Gasteiger partial charge in [0, 0.05) is 10.8 Å². The Labute approximate surface area is 126 Å². The summed E-state index contributed by atoms with van der Waals surface area (Å²) in [5.41, 5.74) is 0.302. The number of thiophene rings is 1. The summed E-state index contributed by atoms with van der Waals surface area (Å²) in [4.78, 5) is 38.4. The van der Waals surface area contributed by atoms with Crippen molar-refractivity contribution in [3.05, 3.63) is 21.9 Å². The topological polar surface area (TPSA) is 63.7 Å². The lowest BCUT2D eigenvalue weighted by molar-refractivity contribution is -0.133. The molecule has 0 radical (unpaired) electrons. The molecule has 0 aromatic carbocycles. The number of carbonyl (C=O) groups is 3. The van der Waals surface area contributed by atoms with Gasteiger partial charge in [0.1, 0.15) is 11.9 Å². The van der Waals surface area contributed by atoms with Crippen LogP contribution in [-0.4, -0.2) is 28.8 Å². The van der Waals surface area contributed by atoms with Gasteiger partial charge in [0.2, 0.25) is 5.91 Å². The van der Waals surface area contributed by atoms with Crippen LogP contribution in [0.3, 0.4) is 0 Å².